The number of benzene rings is 3. The van der Waals surface area contributed by atoms with Crippen molar-refractivity contribution >= 4 is 34.6 Å². The van der Waals surface area contributed by atoms with E-state index in [0.717, 1.165) is 29.5 Å². The van der Waals surface area contributed by atoms with Gasteiger partial charge in [-0.2, -0.15) is 4.99 Å². The van der Waals surface area contributed by atoms with Crippen LogP contribution in [0.1, 0.15) is 37.1 Å². The predicted molar refractivity (Wildman–Crippen MR) is 165 cm³/mol. The van der Waals surface area contributed by atoms with Crippen molar-refractivity contribution < 1.29 is 41.0 Å². The zero-order chi connectivity index (χ0) is 33.9. The summed E-state index contributed by atoms with van der Waals surface area (Å²) in [6.07, 6.45) is -8.19. The van der Waals surface area contributed by atoms with Crippen LogP contribution < -0.4 is 19.7 Å². The van der Waals surface area contributed by atoms with Crippen molar-refractivity contribution in [2.45, 2.75) is 38.6 Å². The molecule has 0 aliphatic carbocycles. The van der Waals surface area contributed by atoms with Crippen LogP contribution in [-0.2, 0) is 4.79 Å². The Morgan fingerprint density at radius 3 is 2.34 bits per heavy atom. The Labute approximate surface area is 269 Å². The van der Waals surface area contributed by atoms with Gasteiger partial charge in [0.05, 0.1) is 24.2 Å². The van der Waals surface area contributed by atoms with Gasteiger partial charge in [-0.1, -0.05) is 55.9 Å². The normalized spacial score (nSPS) is 15.6. The number of aliphatic imine (C=N–C) groups is 1. The van der Waals surface area contributed by atoms with Gasteiger partial charge >= 0.3 is 12.4 Å². The number of methoxy groups -OCH3 is 1. The number of amidine groups is 1. The zero-order valence-corrected chi connectivity index (χ0v) is 25.9. The number of carbonyl (C=O) groups excluding carboxylic acids is 2. The molecule has 1 aromatic heterocycles. The van der Waals surface area contributed by atoms with Crippen molar-refractivity contribution in [1.82, 2.24) is 20.1 Å². The van der Waals surface area contributed by atoms with E-state index in [1.54, 1.807) is 12.1 Å². The van der Waals surface area contributed by atoms with E-state index in [9.17, 15) is 27.2 Å². The summed E-state index contributed by atoms with van der Waals surface area (Å²) in [5.74, 6) is 0.0141. The Kier molecular flexibility index (Phi) is 9.79. The maximum atomic E-state index is 15.1. The van der Waals surface area contributed by atoms with Crippen LogP contribution in [0.15, 0.2) is 78.0 Å². The van der Waals surface area contributed by atoms with Gasteiger partial charge in [-0.25, -0.2) is 23.2 Å². The number of hydrogen-bond donors (Lipinski definition) is 1. The van der Waals surface area contributed by atoms with Crippen molar-refractivity contribution in [2.24, 2.45) is 4.99 Å². The molecule has 2 unspecified atom stereocenters. The molecule has 47 heavy (non-hydrogen) atoms. The Balaban J connectivity index is 1.24. The molecule has 16 heteroatoms. The number of thioether (sulfide) groups is 1. The van der Waals surface area contributed by atoms with Crippen LogP contribution >= 0.6 is 11.8 Å². The molecular weight excluding hydrogens is 647 g/mol. The monoisotopic (exact) mass is 674 g/mol. The van der Waals surface area contributed by atoms with Gasteiger partial charge in [-0.15, -0.1) is 18.3 Å². The summed E-state index contributed by atoms with van der Waals surface area (Å²) >= 11 is 0.998. The number of urea groups is 1. The average molecular weight is 675 g/mol. The van der Waals surface area contributed by atoms with Crippen molar-refractivity contribution in [3.63, 3.8) is 0 Å². The average Bonchev–Trinajstić information content (AvgIpc) is 3.67. The quantitative estimate of drug-likeness (QED) is 0.149. The Morgan fingerprint density at radius 1 is 1.02 bits per heavy atom. The van der Waals surface area contributed by atoms with Crippen LogP contribution in [0.4, 0.5) is 32.4 Å². The highest BCUT2D eigenvalue weighted by Crippen LogP contribution is 2.36. The maximum Gasteiger partial charge on any atom is 0.573 e. The molecule has 5 rings (SSSR count). The largest absolute Gasteiger partial charge is 0.573 e. The van der Waals surface area contributed by atoms with Crippen LogP contribution in [0.5, 0.6) is 11.5 Å². The highest BCUT2D eigenvalue weighted by molar-refractivity contribution is 8.15. The van der Waals surface area contributed by atoms with Crippen molar-refractivity contribution in [3.05, 3.63) is 84.2 Å². The molecule has 1 saturated heterocycles. The molecular formula is C31H27F5N6O4S. The van der Waals surface area contributed by atoms with E-state index in [2.05, 4.69) is 19.8 Å². The Hall–Kier alpha value is -4.99. The summed E-state index contributed by atoms with van der Waals surface area (Å²) in [4.78, 5) is 34.7. The minimum Gasteiger partial charge on any atom is -0.497 e. The van der Waals surface area contributed by atoms with E-state index in [1.807, 2.05) is 25.2 Å². The summed E-state index contributed by atoms with van der Waals surface area (Å²) in [5, 5.41) is 6.19. The molecule has 1 N–H and O–H groups in total. The molecule has 0 spiro atoms. The molecule has 10 nitrogen and oxygen atoms in total. The first-order valence-corrected chi connectivity index (χ1v) is 15.0. The number of alkyl halides is 5. The maximum absolute atomic E-state index is 15.1. The number of anilines is 1. The second-order valence-corrected chi connectivity index (χ2v) is 11.4. The number of halogens is 5. The second-order valence-electron chi connectivity index (χ2n) is 10.4. The lowest BCUT2D eigenvalue weighted by Crippen LogP contribution is -2.35. The van der Waals surface area contributed by atoms with Gasteiger partial charge in [-0.05, 0) is 47.4 Å². The Bertz CT molecular complexity index is 1780. The Morgan fingerprint density at radius 2 is 1.70 bits per heavy atom. The van der Waals surface area contributed by atoms with E-state index in [1.165, 1.54) is 59.4 Å². The van der Waals surface area contributed by atoms with Crippen LogP contribution in [0.3, 0.4) is 0 Å². The SMILES string of the molecule is COc1ccc(C(C)C)c(N2C(=O)CSC2=NC(=O)NC(F)C(F)c2ccc(-c3ncn(-c4ccc(OC(F)(F)F)cc4)n3)cc2)c1. The number of amides is 3. The molecule has 0 bridgehead atoms. The van der Waals surface area contributed by atoms with E-state index in [-0.39, 0.29) is 34.1 Å². The fourth-order valence-electron chi connectivity index (χ4n) is 4.63. The number of ether oxygens (including phenoxy) is 2. The van der Waals surface area contributed by atoms with Crippen molar-refractivity contribution in [3.8, 4) is 28.6 Å². The first-order valence-electron chi connectivity index (χ1n) is 14.0. The molecule has 1 aliphatic heterocycles. The van der Waals surface area contributed by atoms with Crippen molar-refractivity contribution in [2.75, 3.05) is 17.8 Å². The molecule has 2 heterocycles. The van der Waals surface area contributed by atoms with Crippen LogP contribution in [0.25, 0.3) is 17.1 Å². The van der Waals surface area contributed by atoms with Crippen LogP contribution in [-0.4, -0.2) is 57.4 Å². The van der Waals surface area contributed by atoms with Gasteiger partial charge in [0.1, 0.15) is 17.8 Å². The van der Waals surface area contributed by atoms with Gasteiger partial charge < -0.3 is 14.8 Å². The van der Waals surface area contributed by atoms with Gasteiger partial charge in [0.2, 0.25) is 12.2 Å². The molecule has 0 radical (unpaired) electrons. The van der Waals surface area contributed by atoms with Gasteiger partial charge in [0.15, 0.2) is 17.2 Å². The number of nitrogens with zero attached hydrogens (tertiary/aromatic N) is 5. The van der Waals surface area contributed by atoms with Crippen molar-refractivity contribution in [1.29, 1.82) is 0 Å². The molecule has 1 aliphatic rings. The third kappa shape index (κ3) is 7.88. The highest BCUT2D eigenvalue weighted by atomic mass is 32.2. The number of rotatable bonds is 9. The summed E-state index contributed by atoms with van der Waals surface area (Å²) in [5.41, 5.74) is 2.06. The van der Waals surface area contributed by atoms with Gasteiger partial charge in [0.25, 0.3) is 0 Å². The van der Waals surface area contributed by atoms with Gasteiger partial charge in [0, 0.05) is 11.6 Å². The third-order valence-electron chi connectivity index (χ3n) is 6.90. The number of nitrogens with one attached hydrogen (secondary N) is 1. The first-order chi connectivity index (χ1) is 22.3. The minimum atomic E-state index is -4.82. The molecule has 246 valence electrons. The smallest absolute Gasteiger partial charge is 0.497 e. The van der Waals surface area contributed by atoms with Crippen LogP contribution in [0.2, 0.25) is 0 Å². The predicted octanol–water partition coefficient (Wildman–Crippen LogP) is 7.12. The summed E-state index contributed by atoms with van der Waals surface area (Å²) in [6, 6.07) is 14.5. The number of hydrogen-bond acceptors (Lipinski definition) is 7. The lowest BCUT2D eigenvalue weighted by atomic mass is 10.00. The molecule has 2 atom stereocenters. The fraction of sp³-hybridized carbons (Fsp3) is 0.258. The molecule has 1 fully saturated rings. The molecule has 3 aromatic carbocycles. The zero-order valence-electron chi connectivity index (χ0n) is 25.0. The minimum absolute atomic E-state index is 0.00823. The standard InChI is InChI=1S/C31H27F5N6O4S/c1-17(2)23-13-12-22(45-3)14-24(23)42-25(43)15-47-30(42)39-29(44)38-27(33)26(32)18-4-6-19(7-5-18)28-37-16-41(40-28)20-8-10-21(11-9-20)46-31(34,35)36/h4-14,16-17,26-27H,15H2,1-3H3,(H,38,44). The fourth-order valence-corrected chi connectivity index (χ4v) is 5.49. The summed E-state index contributed by atoms with van der Waals surface area (Å²) in [7, 11) is 1.48. The van der Waals surface area contributed by atoms with E-state index in [0.29, 0.717) is 22.7 Å². The first kappa shape index (κ1) is 33.4. The van der Waals surface area contributed by atoms with Gasteiger partial charge in [-0.3, -0.25) is 9.69 Å². The molecule has 0 saturated carbocycles. The molecule has 3 amide bonds. The third-order valence-corrected chi connectivity index (χ3v) is 7.82. The summed E-state index contributed by atoms with van der Waals surface area (Å²) in [6.45, 7) is 3.88. The molecule has 4 aromatic rings. The summed E-state index contributed by atoms with van der Waals surface area (Å²) < 4.78 is 77.7. The second kappa shape index (κ2) is 13.8. The number of aromatic nitrogens is 3. The van der Waals surface area contributed by atoms with E-state index in [4.69, 9.17) is 4.74 Å². The lowest BCUT2D eigenvalue weighted by molar-refractivity contribution is -0.274. The van der Waals surface area contributed by atoms with E-state index >= 15 is 4.39 Å². The van der Waals surface area contributed by atoms with E-state index < -0.39 is 30.6 Å². The topological polar surface area (TPSA) is 111 Å². The lowest BCUT2D eigenvalue weighted by Gasteiger charge is -2.22. The van der Waals surface area contributed by atoms with Crippen LogP contribution in [0, 0.1) is 0 Å². The number of carbonyl (C=O) groups is 2. The highest BCUT2D eigenvalue weighted by Gasteiger charge is 2.34.